The average Bonchev–Trinajstić information content (AvgIpc) is 3.23. The molecule has 1 N–H and O–H groups in total. The van der Waals surface area contributed by atoms with E-state index in [-0.39, 0.29) is 76.4 Å². The molecule has 4 rings (SSSR count). The van der Waals surface area contributed by atoms with Gasteiger partial charge >= 0.3 is 59.1 Å². The number of ether oxygens (including phenoxy) is 1. The van der Waals surface area contributed by atoms with Gasteiger partial charge in [0, 0.05) is 17.1 Å². The minimum atomic E-state index is -5.18. The van der Waals surface area contributed by atoms with Crippen LogP contribution in [-0.2, 0) is 18.9 Å². The predicted octanol–water partition coefficient (Wildman–Crippen LogP) is -3.21. The summed E-state index contributed by atoms with van der Waals surface area (Å²) < 4.78 is 47.0. The van der Waals surface area contributed by atoms with Crippen LogP contribution in [0.25, 0.3) is 21.1 Å². The van der Waals surface area contributed by atoms with Crippen molar-refractivity contribution in [2.75, 3.05) is 18.5 Å². The van der Waals surface area contributed by atoms with Gasteiger partial charge < -0.3 is 28.9 Å². The molecule has 0 aliphatic carbocycles. The SMILES string of the molecule is CC(C)(C)S(=O)(=O)c1cc2c(Nc3ccc4scnc4c3)ncnc2cc1OCCOP(=O)([O-])[O-].[Na+].[Na+]. The number of aromatic nitrogens is 3. The average molecular weight is 583 g/mol. The van der Waals surface area contributed by atoms with Crippen LogP contribution >= 0.6 is 19.2 Å². The quantitative estimate of drug-likeness (QED) is 0.126. The van der Waals surface area contributed by atoms with E-state index in [0.29, 0.717) is 22.4 Å². The molecular formula is C21H21N4Na2O7PS2. The van der Waals surface area contributed by atoms with E-state index in [1.807, 2.05) is 18.2 Å². The maximum absolute atomic E-state index is 13.4. The molecule has 2 aromatic heterocycles. The van der Waals surface area contributed by atoms with Crippen molar-refractivity contribution in [1.82, 2.24) is 15.0 Å². The van der Waals surface area contributed by atoms with Crippen LogP contribution in [0.2, 0.25) is 0 Å². The topological polar surface area (TPSA) is 166 Å². The fraction of sp³-hybridized carbons (Fsp3) is 0.286. The molecule has 0 amide bonds. The largest absolute Gasteiger partial charge is 1.00 e. The van der Waals surface area contributed by atoms with E-state index in [0.717, 1.165) is 10.2 Å². The summed E-state index contributed by atoms with van der Waals surface area (Å²) in [5.74, 6) is 0.333. The summed E-state index contributed by atoms with van der Waals surface area (Å²) in [6, 6.07) is 8.49. The van der Waals surface area contributed by atoms with E-state index in [1.54, 1.807) is 26.3 Å². The number of thiazole rings is 1. The normalized spacial score (nSPS) is 12.1. The minimum Gasteiger partial charge on any atom is -0.790 e. The molecule has 0 aliphatic rings. The summed E-state index contributed by atoms with van der Waals surface area (Å²) in [7, 11) is -9.09. The van der Waals surface area contributed by atoms with Gasteiger partial charge in [-0.1, -0.05) is 0 Å². The van der Waals surface area contributed by atoms with Crippen molar-refractivity contribution in [2.45, 2.75) is 30.4 Å². The third kappa shape index (κ3) is 7.71. The summed E-state index contributed by atoms with van der Waals surface area (Å²) in [6.45, 7) is 3.72. The first-order valence-electron chi connectivity index (χ1n) is 10.3. The summed E-state index contributed by atoms with van der Waals surface area (Å²) in [6.07, 6.45) is 1.32. The van der Waals surface area contributed by atoms with Crippen molar-refractivity contribution in [3.05, 3.63) is 42.2 Å². The molecule has 2 aromatic carbocycles. The first-order valence-corrected chi connectivity index (χ1v) is 14.1. The number of hydrogen-bond acceptors (Lipinski definition) is 12. The number of nitrogens with zero attached hydrogens (tertiary/aromatic N) is 3. The third-order valence-electron chi connectivity index (χ3n) is 4.98. The van der Waals surface area contributed by atoms with Gasteiger partial charge in [0.2, 0.25) is 0 Å². The second kappa shape index (κ2) is 12.7. The molecule has 0 aliphatic heterocycles. The zero-order chi connectivity index (χ0) is 25.4. The molecule has 37 heavy (non-hydrogen) atoms. The number of phosphoric ester groups is 1. The fourth-order valence-corrected chi connectivity index (χ4v) is 5.46. The van der Waals surface area contributed by atoms with Crippen molar-refractivity contribution in [1.29, 1.82) is 0 Å². The molecule has 16 heteroatoms. The van der Waals surface area contributed by atoms with Crippen molar-refractivity contribution < 1.29 is 91.1 Å². The van der Waals surface area contributed by atoms with Gasteiger partial charge in [-0.3, -0.25) is 0 Å². The van der Waals surface area contributed by atoms with Crippen LogP contribution in [0.5, 0.6) is 5.75 Å². The van der Waals surface area contributed by atoms with Gasteiger partial charge in [-0.05, 0) is 45.0 Å². The molecule has 2 heterocycles. The smallest absolute Gasteiger partial charge is 0.790 e. The summed E-state index contributed by atoms with van der Waals surface area (Å²) in [4.78, 5) is 34.1. The summed E-state index contributed by atoms with van der Waals surface area (Å²) >= 11 is 1.52. The molecule has 0 bridgehead atoms. The molecule has 0 spiro atoms. The molecule has 4 aromatic rings. The Morgan fingerprint density at radius 3 is 2.43 bits per heavy atom. The Kier molecular flexibility index (Phi) is 11.1. The van der Waals surface area contributed by atoms with Crippen molar-refractivity contribution in [2.24, 2.45) is 0 Å². The number of phosphoric acid groups is 1. The summed E-state index contributed by atoms with van der Waals surface area (Å²) in [5.41, 5.74) is 3.66. The molecule has 11 nitrogen and oxygen atoms in total. The second-order valence-corrected chi connectivity index (χ2v) is 13.2. The maximum Gasteiger partial charge on any atom is 1.00 e. The van der Waals surface area contributed by atoms with E-state index in [1.165, 1.54) is 29.8 Å². The molecule has 0 unspecified atom stereocenters. The van der Waals surface area contributed by atoms with Gasteiger partial charge in [0.15, 0.2) is 9.84 Å². The number of benzene rings is 2. The van der Waals surface area contributed by atoms with E-state index >= 15 is 0 Å². The van der Waals surface area contributed by atoms with Crippen LogP contribution in [0.4, 0.5) is 11.5 Å². The number of fused-ring (bicyclic) bond motifs is 2. The molecule has 0 saturated carbocycles. The van der Waals surface area contributed by atoms with Gasteiger partial charge in [-0.15, -0.1) is 11.3 Å². The third-order valence-corrected chi connectivity index (χ3v) is 8.80. The zero-order valence-corrected chi connectivity index (χ0v) is 27.4. The van der Waals surface area contributed by atoms with E-state index in [2.05, 4.69) is 24.8 Å². The van der Waals surface area contributed by atoms with Crippen LogP contribution < -0.4 is 79.0 Å². The maximum atomic E-state index is 13.4. The Hall–Kier alpha value is -0.670. The Bertz CT molecular complexity index is 1560. The van der Waals surface area contributed by atoms with Gasteiger partial charge in [-0.25, -0.2) is 23.4 Å². The number of nitrogens with one attached hydrogen (secondary N) is 1. The van der Waals surface area contributed by atoms with Crippen molar-refractivity contribution in [3.8, 4) is 5.75 Å². The van der Waals surface area contributed by atoms with Gasteiger partial charge in [0.1, 0.15) is 29.4 Å². The zero-order valence-electron chi connectivity index (χ0n) is 20.9. The van der Waals surface area contributed by atoms with Crippen LogP contribution in [0.1, 0.15) is 20.8 Å². The Morgan fingerprint density at radius 2 is 1.76 bits per heavy atom. The Morgan fingerprint density at radius 1 is 1.03 bits per heavy atom. The second-order valence-electron chi connectivity index (χ2n) is 8.44. The Balaban J connectivity index is 0.00000241. The predicted molar refractivity (Wildman–Crippen MR) is 128 cm³/mol. The number of sulfone groups is 1. The number of anilines is 2. The minimum absolute atomic E-state index is 0. The first kappa shape index (κ1) is 32.5. The molecule has 0 radical (unpaired) electrons. The van der Waals surface area contributed by atoms with Crippen LogP contribution in [0.15, 0.2) is 47.1 Å². The van der Waals surface area contributed by atoms with E-state index < -0.39 is 29.0 Å². The summed E-state index contributed by atoms with van der Waals surface area (Å²) in [5, 5.41) is 3.62. The fourth-order valence-electron chi connectivity index (χ4n) is 3.19. The van der Waals surface area contributed by atoms with Gasteiger partial charge in [0.25, 0.3) is 0 Å². The van der Waals surface area contributed by atoms with Crippen LogP contribution in [-0.4, -0.2) is 41.3 Å². The van der Waals surface area contributed by atoms with Crippen molar-refractivity contribution >= 4 is 61.6 Å². The number of rotatable bonds is 8. The van der Waals surface area contributed by atoms with Crippen molar-refractivity contribution in [3.63, 3.8) is 0 Å². The molecule has 0 atom stereocenters. The van der Waals surface area contributed by atoms with E-state index in [4.69, 9.17) is 4.74 Å². The Labute approximate surface area is 262 Å². The standard InChI is InChI=1S/C21H23N4O7PS2.2Na/c1-21(2,3)35(29,30)19-9-14-15(10-17(19)31-6-7-32-33(26,27)28)22-11-23-20(14)25-13-4-5-18-16(8-13)24-12-34-18;;/h4-5,8-12H,6-7H2,1-3H3,(H,22,23,25)(H2,26,27,28);;/q;2*+1/p-2. The molecule has 0 saturated heterocycles. The first-order chi connectivity index (χ1) is 16.3. The van der Waals surface area contributed by atoms with Gasteiger partial charge in [0.05, 0.1) is 40.4 Å². The molecular weight excluding hydrogens is 561 g/mol. The van der Waals surface area contributed by atoms with E-state index in [9.17, 15) is 22.8 Å². The van der Waals surface area contributed by atoms with Crippen LogP contribution in [0, 0.1) is 0 Å². The monoisotopic (exact) mass is 582 g/mol. The van der Waals surface area contributed by atoms with Crippen LogP contribution in [0.3, 0.4) is 0 Å². The number of hydrogen-bond donors (Lipinski definition) is 1. The molecule has 0 fully saturated rings. The van der Waals surface area contributed by atoms with Gasteiger partial charge in [-0.2, -0.15) is 0 Å². The molecule has 186 valence electrons.